The van der Waals surface area contributed by atoms with Gasteiger partial charge in [0.25, 0.3) is 0 Å². The quantitative estimate of drug-likeness (QED) is 0.616. The van der Waals surface area contributed by atoms with Crippen LogP contribution in [0.15, 0.2) is 24.4 Å². The van der Waals surface area contributed by atoms with Gasteiger partial charge >= 0.3 is 7.75 Å². The minimum Gasteiger partial charge on any atom is -0.497 e. The molecule has 1 heterocycles. The van der Waals surface area contributed by atoms with Gasteiger partial charge in [0.05, 0.1) is 24.8 Å². The molecule has 0 saturated heterocycles. The van der Waals surface area contributed by atoms with Crippen LogP contribution in [0.1, 0.15) is 31.2 Å². The van der Waals surface area contributed by atoms with Gasteiger partial charge in [-0.2, -0.15) is 0 Å². The van der Waals surface area contributed by atoms with Crippen molar-refractivity contribution in [1.82, 2.24) is 9.24 Å². The van der Waals surface area contributed by atoms with Crippen molar-refractivity contribution >= 4 is 18.6 Å². The lowest BCUT2D eigenvalue weighted by molar-refractivity contribution is 0.183. The summed E-state index contributed by atoms with van der Waals surface area (Å²) in [5, 5.41) is 1.08. The van der Waals surface area contributed by atoms with Gasteiger partial charge in [-0.25, -0.2) is 4.57 Å². The zero-order chi connectivity index (χ0) is 18.3. The number of fused-ring (bicyclic) bond motifs is 1. The molecule has 0 amide bonds. The number of hydrogen-bond acceptors (Lipinski definition) is 5. The SMILES string of the molecule is COc1ccc2c(CCN(C)C)cn(P(=O)(OC3CC3)OC3CC3)c2c1. The van der Waals surface area contributed by atoms with Crippen LogP contribution in [0.5, 0.6) is 5.75 Å². The molecule has 0 N–H and O–H groups in total. The van der Waals surface area contributed by atoms with Crippen LogP contribution in [0.3, 0.4) is 0 Å². The molecule has 142 valence electrons. The van der Waals surface area contributed by atoms with E-state index in [1.165, 1.54) is 0 Å². The van der Waals surface area contributed by atoms with Crippen molar-refractivity contribution in [3.05, 3.63) is 30.0 Å². The molecule has 1 aromatic carbocycles. The first-order valence-corrected chi connectivity index (χ1v) is 10.8. The molecule has 2 saturated carbocycles. The van der Waals surface area contributed by atoms with E-state index in [1.807, 2.05) is 24.4 Å². The van der Waals surface area contributed by atoms with E-state index < -0.39 is 7.75 Å². The van der Waals surface area contributed by atoms with Crippen LogP contribution in [-0.2, 0) is 20.0 Å². The number of likely N-dealkylation sites (N-methyl/N-ethyl adjacent to an activating group) is 1. The van der Waals surface area contributed by atoms with E-state index in [-0.39, 0.29) is 12.2 Å². The van der Waals surface area contributed by atoms with Crippen molar-refractivity contribution in [3.8, 4) is 5.75 Å². The molecule has 0 atom stereocenters. The van der Waals surface area contributed by atoms with Gasteiger partial charge in [0.2, 0.25) is 0 Å². The second kappa shape index (κ2) is 7.01. The van der Waals surface area contributed by atoms with Crippen LogP contribution >= 0.6 is 7.75 Å². The second-order valence-corrected chi connectivity index (χ2v) is 9.30. The summed E-state index contributed by atoms with van der Waals surface area (Å²) in [5.41, 5.74) is 2.00. The standard InChI is InChI=1S/C19H27N2O4P/c1-20(2)11-10-14-13-21(19-12-17(23-3)8-9-18(14)19)26(22,24-15-4-5-15)25-16-6-7-16/h8-9,12-13,15-16H,4-7,10-11H2,1-3H3. The number of aromatic nitrogens is 1. The summed E-state index contributed by atoms with van der Waals surface area (Å²) >= 11 is 0. The highest BCUT2D eigenvalue weighted by Crippen LogP contribution is 2.59. The molecule has 2 aromatic rings. The van der Waals surface area contributed by atoms with Crippen molar-refractivity contribution in [2.45, 2.75) is 44.3 Å². The number of ether oxygens (including phenoxy) is 1. The maximum absolute atomic E-state index is 13.7. The first-order chi connectivity index (χ1) is 12.5. The van der Waals surface area contributed by atoms with E-state index in [0.29, 0.717) is 0 Å². The van der Waals surface area contributed by atoms with Crippen molar-refractivity contribution < 1.29 is 18.3 Å². The first kappa shape index (κ1) is 18.1. The van der Waals surface area contributed by atoms with Crippen molar-refractivity contribution in [2.24, 2.45) is 0 Å². The summed E-state index contributed by atoms with van der Waals surface area (Å²) < 4.78 is 32.8. The summed E-state index contributed by atoms with van der Waals surface area (Å²) in [6, 6.07) is 5.90. The molecule has 1 aromatic heterocycles. The molecule has 6 nitrogen and oxygen atoms in total. The number of hydrogen-bond donors (Lipinski definition) is 0. The molecular formula is C19H27N2O4P. The van der Waals surface area contributed by atoms with Gasteiger partial charge in [0.1, 0.15) is 5.75 Å². The number of benzene rings is 1. The molecule has 0 aliphatic heterocycles. The average molecular weight is 378 g/mol. The van der Waals surface area contributed by atoms with Crippen molar-refractivity contribution in [3.63, 3.8) is 0 Å². The topological polar surface area (TPSA) is 52.9 Å². The Hall–Kier alpha value is -1.33. The number of nitrogens with zero attached hydrogens (tertiary/aromatic N) is 2. The van der Waals surface area contributed by atoms with Crippen LogP contribution in [0.4, 0.5) is 0 Å². The molecule has 4 rings (SSSR count). The lowest BCUT2D eigenvalue weighted by Gasteiger charge is -2.20. The average Bonchev–Trinajstić information content (AvgIpc) is 3.53. The van der Waals surface area contributed by atoms with Crippen molar-refractivity contribution in [1.29, 1.82) is 0 Å². The summed E-state index contributed by atoms with van der Waals surface area (Å²) in [4.78, 5) is 2.15. The minimum atomic E-state index is -3.41. The van der Waals surface area contributed by atoms with Gasteiger partial charge in [-0.3, -0.25) is 13.4 Å². The summed E-state index contributed by atoms with van der Waals surface area (Å²) in [5.74, 6) is 0.736. The molecule has 26 heavy (non-hydrogen) atoms. The monoisotopic (exact) mass is 378 g/mol. The Balaban J connectivity index is 1.78. The summed E-state index contributed by atoms with van der Waals surface area (Å²) in [7, 11) is 2.34. The highest BCUT2D eigenvalue weighted by Gasteiger charge is 2.42. The Bertz CT molecular complexity index is 821. The van der Waals surface area contributed by atoms with Crippen LogP contribution < -0.4 is 4.74 Å². The zero-order valence-electron chi connectivity index (χ0n) is 15.7. The molecule has 0 radical (unpaired) electrons. The third-order valence-corrected chi connectivity index (χ3v) is 6.77. The highest BCUT2D eigenvalue weighted by atomic mass is 31.2. The zero-order valence-corrected chi connectivity index (χ0v) is 16.6. The van der Waals surface area contributed by atoms with Crippen molar-refractivity contribution in [2.75, 3.05) is 27.7 Å². The Morgan fingerprint density at radius 2 is 1.81 bits per heavy atom. The molecule has 0 spiro atoms. The Labute approximate surface area is 154 Å². The molecular weight excluding hydrogens is 351 g/mol. The van der Waals surface area contributed by atoms with Crippen LogP contribution in [-0.4, -0.2) is 49.2 Å². The third-order valence-electron chi connectivity index (χ3n) is 4.78. The number of methoxy groups -OCH3 is 1. The lowest BCUT2D eigenvalue weighted by atomic mass is 10.1. The van der Waals surface area contributed by atoms with E-state index in [9.17, 15) is 4.57 Å². The fourth-order valence-electron chi connectivity index (χ4n) is 2.98. The van der Waals surface area contributed by atoms with Gasteiger partial charge in [0, 0.05) is 24.2 Å². The van der Waals surface area contributed by atoms with Crippen LogP contribution in [0.25, 0.3) is 10.9 Å². The van der Waals surface area contributed by atoms with Crippen LogP contribution in [0.2, 0.25) is 0 Å². The second-order valence-electron chi connectivity index (χ2n) is 7.51. The Morgan fingerprint density at radius 1 is 1.15 bits per heavy atom. The highest BCUT2D eigenvalue weighted by molar-refractivity contribution is 7.52. The van der Waals surface area contributed by atoms with E-state index >= 15 is 0 Å². The molecule has 2 aliphatic rings. The van der Waals surface area contributed by atoms with E-state index in [4.69, 9.17) is 13.8 Å². The number of rotatable bonds is 9. The smallest absolute Gasteiger partial charge is 0.439 e. The van der Waals surface area contributed by atoms with Gasteiger partial charge in [-0.05, 0) is 63.9 Å². The van der Waals surface area contributed by atoms with E-state index in [1.54, 1.807) is 11.4 Å². The largest absolute Gasteiger partial charge is 0.497 e. The normalized spacial score (nSPS) is 18.0. The molecule has 7 heteroatoms. The maximum atomic E-state index is 13.7. The molecule has 2 fully saturated rings. The molecule has 2 aliphatic carbocycles. The summed E-state index contributed by atoms with van der Waals surface area (Å²) in [6.07, 6.45) is 6.74. The maximum Gasteiger partial charge on any atom is 0.439 e. The third kappa shape index (κ3) is 3.84. The fourth-order valence-corrected chi connectivity index (χ4v) is 5.12. The predicted octanol–water partition coefficient (Wildman–Crippen LogP) is 4.07. The molecule has 0 unspecified atom stereocenters. The predicted molar refractivity (Wildman–Crippen MR) is 102 cm³/mol. The van der Waals surface area contributed by atoms with Gasteiger partial charge in [0.15, 0.2) is 0 Å². The van der Waals surface area contributed by atoms with E-state index in [0.717, 1.165) is 60.9 Å². The molecule has 0 bridgehead atoms. The lowest BCUT2D eigenvalue weighted by Crippen LogP contribution is -2.14. The van der Waals surface area contributed by atoms with E-state index in [2.05, 4.69) is 19.0 Å². The Kier molecular flexibility index (Phi) is 4.86. The van der Waals surface area contributed by atoms with Gasteiger partial charge in [-0.15, -0.1) is 0 Å². The van der Waals surface area contributed by atoms with Crippen LogP contribution in [0, 0.1) is 0 Å². The Morgan fingerprint density at radius 3 is 2.35 bits per heavy atom. The fraction of sp³-hybridized carbons (Fsp3) is 0.579. The van der Waals surface area contributed by atoms with Gasteiger partial charge < -0.3 is 9.64 Å². The first-order valence-electron chi connectivity index (χ1n) is 9.29. The van der Waals surface area contributed by atoms with Gasteiger partial charge in [-0.1, -0.05) is 0 Å². The minimum absolute atomic E-state index is 0.0490. The summed E-state index contributed by atoms with van der Waals surface area (Å²) in [6.45, 7) is 0.919.